The fourth-order valence-corrected chi connectivity index (χ4v) is 3.64. The van der Waals surface area contributed by atoms with Gasteiger partial charge < -0.3 is 0 Å². The third kappa shape index (κ3) is 5.89. The largest absolute Gasteiger partial charge is 0.206 e. The second-order valence-electron chi connectivity index (χ2n) is 8.18. The summed E-state index contributed by atoms with van der Waals surface area (Å²) in [5.41, 5.74) is 3.65. The van der Waals surface area contributed by atoms with Crippen LogP contribution in [0.25, 0.3) is 10.8 Å². The summed E-state index contributed by atoms with van der Waals surface area (Å²) in [6.45, 7) is 2.15. The molecular weight excluding hydrogens is 429 g/mol. The van der Waals surface area contributed by atoms with Crippen LogP contribution in [0.5, 0.6) is 0 Å². The van der Waals surface area contributed by atoms with Crippen molar-refractivity contribution in [3.05, 3.63) is 118 Å². The van der Waals surface area contributed by atoms with E-state index in [4.69, 9.17) is 0 Å². The quantitative estimate of drug-likeness (QED) is 0.219. The molecule has 0 saturated heterocycles. The summed E-state index contributed by atoms with van der Waals surface area (Å²) in [5, 5.41) is 1.22. The molecule has 0 nitrogen and oxygen atoms in total. The molecule has 0 spiro atoms. The maximum absolute atomic E-state index is 14.4. The summed E-state index contributed by atoms with van der Waals surface area (Å²) in [6.07, 6.45) is 4.24. The first-order valence-electron chi connectivity index (χ1n) is 11.3. The van der Waals surface area contributed by atoms with Gasteiger partial charge in [0.1, 0.15) is 5.82 Å². The van der Waals surface area contributed by atoms with Crippen molar-refractivity contribution in [2.45, 2.75) is 32.6 Å². The molecule has 0 saturated carbocycles. The van der Waals surface area contributed by atoms with Gasteiger partial charge in [-0.15, -0.1) is 0 Å². The first-order chi connectivity index (χ1) is 16.5. The Bertz CT molecular complexity index is 1440. The highest BCUT2D eigenvalue weighted by atomic mass is 19.2. The smallest absolute Gasteiger partial charge is 0.159 e. The van der Waals surface area contributed by atoms with Gasteiger partial charge in [-0.1, -0.05) is 55.6 Å². The van der Waals surface area contributed by atoms with E-state index in [1.807, 2.05) is 30.3 Å². The number of hydrogen-bond acceptors (Lipinski definition) is 0. The summed E-state index contributed by atoms with van der Waals surface area (Å²) < 4.78 is 41.2. The van der Waals surface area contributed by atoms with Crippen molar-refractivity contribution in [3.63, 3.8) is 0 Å². The van der Waals surface area contributed by atoms with Crippen molar-refractivity contribution in [1.82, 2.24) is 0 Å². The van der Waals surface area contributed by atoms with Gasteiger partial charge in [0.2, 0.25) is 0 Å². The van der Waals surface area contributed by atoms with Gasteiger partial charge in [-0.05, 0) is 89.8 Å². The minimum absolute atomic E-state index is 0.290. The number of fused-ring (bicyclic) bond motifs is 1. The monoisotopic (exact) mass is 452 g/mol. The maximum Gasteiger partial charge on any atom is 0.159 e. The van der Waals surface area contributed by atoms with E-state index >= 15 is 0 Å². The Morgan fingerprint density at radius 1 is 0.559 bits per heavy atom. The van der Waals surface area contributed by atoms with E-state index in [1.54, 1.807) is 30.3 Å². The predicted octanol–water partition coefficient (Wildman–Crippen LogP) is 7.79. The van der Waals surface area contributed by atoms with Crippen LogP contribution in [-0.2, 0) is 6.42 Å². The van der Waals surface area contributed by atoms with Crippen LogP contribution in [0.3, 0.4) is 0 Å². The molecule has 0 aromatic heterocycles. The fourth-order valence-electron chi connectivity index (χ4n) is 3.64. The van der Waals surface area contributed by atoms with Crippen LogP contribution in [0.2, 0.25) is 0 Å². The van der Waals surface area contributed by atoms with Crippen LogP contribution in [-0.4, -0.2) is 0 Å². The molecule has 0 aliphatic carbocycles. The van der Waals surface area contributed by atoms with Crippen molar-refractivity contribution in [2.24, 2.45) is 0 Å². The first kappa shape index (κ1) is 23.2. The number of halogens is 3. The van der Waals surface area contributed by atoms with Crippen LogP contribution < -0.4 is 0 Å². The van der Waals surface area contributed by atoms with Crippen molar-refractivity contribution in [3.8, 4) is 23.7 Å². The highest BCUT2D eigenvalue weighted by Gasteiger charge is 2.04. The van der Waals surface area contributed by atoms with E-state index in [-0.39, 0.29) is 5.82 Å². The molecule has 34 heavy (non-hydrogen) atoms. The molecule has 4 aromatic carbocycles. The molecule has 0 radical (unpaired) electrons. The second kappa shape index (κ2) is 10.8. The number of benzene rings is 4. The third-order valence-corrected chi connectivity index (χ3v) is 5.56. The fraction of sp³-hybridized carbons (Fsp3) is 0.161. The van der Waals surface area contributed by atoms with Crippen molar-refractivity contribution >= 4 is 10.8 Å². The van der Waals surface area contributed by atoms with E-state index in [1.165, 1.54) is 12.1 Å². The van der Waals surface area contributed by atoms with E-state index in [0.717, 1.165) is 42.4 Å². The molecule has 4 rings (SSSR count). The summed E-state index contributed by atoms with van der Waals surface area (Å²) in [5.74, 6) is 9.98. The molecule has 0 atom stereocenters. The standard InChI is InChI=1S/C31H23F3/c1-2-3-4-5-24-13-16-26(29(32)19-24)15-12-23-8-6-22(7-9-23)10-11-25-14-17-27-20-30(33)31(34)21-28(27)18-25/h6-9,13-14,16-21H,2-5H2,1H3. The van der Waals surface area contributed by atoms with Gasteiger partial charge in [0.05, 0.1) is 5.56 Å². The Hall–Kier alpha value is -3.95. The second-order valence-corrected chi connectivity index (χ2v) is 8.18. The van der Waals surface area contributed by atoms with Crippen LogP contribution in [0.15, 0.2) is 72.8 Å². The zero-order valence-corrected chi connectivity index (χ0v) is 18.9. The van der Waals surface area contributed by atoms with Gasteiger partial charge in [-0.25, -0.2) is 13.2 Å². The van der Waals surface area contributed by atoms with Crippen molar-refractivity contribution < 1.29 is 13.2 Å². The molecule has 4 aromatic rings. The molecule has 0 bridgehead atoms. The number of rotatable bonds is 4. The van der Waals surface area contributed by atoms with Crippen molar-refractivity contribution in [1.29, 1.82) is 0 Å². The molecule has 0 aliphatic heterocycles. The average molecular weight is 453 g/mol. The molecule has 0 fully saturated rings. The molecule has 168 valence electrons. The minimum Gasteiger partial charge on any atom is -0.206 e. The summed E-state index contributed by atoms with van der Waals surface area (Å²) in [7, 11) is 0. The van der Waals surface area contributed by atoms with Crippen LogP contribution >= 0.6 is 0 Å². The average Bonchev–Trinajstić information content (AvgIpc) is 2.84. The summed E-state index contributed by atoms with van der Waals surface area (Å²) in [6, 6.07) is 20.2. The molecule has 3 heteroatoms. The highest BCUT2D eigenvalue weighted by Crippen LogP contribution is 2.20. The van der Waals surface area contributed by atoms with Crippen LogP contribution in [0.4, 0.5) is 13.2 Å². The number of aryl methyl sites for hydroxylation is 1. The van der Waals surface area contributed by atoms with Gasteiger partial charge in [0.25, 0.3) is 0 Å². The normalized spacial score (nSPS) is 10.4. The van der Waals surface area contributed by atoms with Crippen molar-refractivity contribution in [2.75, 3.05) is 0 Å². The first-order valence-corrected chi connectivity index (χ1v) is 11.3. The van der Waals surface area contributed by atoms with Crippen LogP contribution in [0.1, 0.15) is 54.0 Å². The zero-order chi connectivity index (χ0) is 23.9. The predicted molar refractivity (Wildman–Crippen MR) is 132 cm³/mol. The maximum atomic E-state index is 14.4. The lowest BCUT2D eigenvalue weighted by atomic mass is 10.0. The Morgan fingerprint density at radius 2 is 1.18 bits per heavy atom. The lowest BCUT2D eigenvalue weighted by molar-refractivity contribution is 0.511. The summed E-state index contributed by atoms with van der Waals surface area (Å²) >= 11 is 0. The third-order valence-electron chi connectivity index (χ3n) is 5.56. The van der Waals surface area contributed by atoms with Gasteiger partial charge >= 0.3 is 0 Å². The number of hydrogen-bond donors (Lipinski definition) is 0. The molecular formula is C31H23F3. The summed E-state index contributed by atoms with van der Waals surface area (Å²) in [4.78, 5) is 0. The Morgan fingerprint density at radius 3 is 1.85 bits per heavy atom. The zero-order valence-electron chi connectivity index (χ0n) is 18.9. The van der Waals surface area contributed by atoms with Gasteiger partial charge in [0, 0.05) is 16.7 Å². The lowest BCUT2D eigenvalue weighted by Gasteiger charge is -2.02. The Balaban J connectivity index is 1.45. The Labute approximate surface area is 198 Å². The number of unbranched alkanes of at least 4 members (excludes halogenated alkanes) is 2. The molecule has 0 unspecified atom stereocenters. The molecule has 0 amide bonds. The highest BCUT2D eigenvalue weighted by molar-refractivity contribution is 5.84. The van der Waals surface area contributed by atoms with Gasteiger partial charge in [-0.2, -0.15) is 0 Å². The van der Waals surface area contributed by atoms with Gasteiger partial charge in [0.15, 0.2) is 11.6 Å². The van der Waals surface area contributed by atoms with Crippen LogP contribution in [0, 0.1) is 41.1 Å². The molecule has 0 heterocycles. The van der Waals surface area contributed by atoms with Gasteiger partial charge in [-0.3, -0.25) is 0 Å². The lowest BCUT2D eigenvalue weighted by Crippen LogP contribution is -1.90. The SMILES string of the molecule is CCCCCc1ccc(C#Cc2ccc(C#Cc3ccc4cc(F)c(F)cc4c3)cc2)c(F)c1. The Kier molecular flexibility index (Phi) is 7.36. The van der Waals surface area contributed by atoms with E-state index < -0.39 is 11.6 Å². The van der Waals surface area contributed by atoms with E-state index in [2.05, 4.69) is 30.6 Å². The topological polar surface area (TPSA) is 0 Å². The molecule has 0 N–H and O–H groups in total. The minimum atomic E-state index is -0.878. The van der Waals surface area contributed by atoms with E-state index in [9.17, 15) is 13.2 Å². The molecule has 0 aliphatic rings. The van der Waals surface area contributed by atoms with E-state index in [0.29, 0.717) is 21.9 Å².